The number of rotatable bonds is 13. The molecule has 11 heteroatoms. The summed E-state index contributed by atoms with van der Waals surface area (Å²) in [4.78, 5) is 13.2. The lowest BCUT2D eigenvalue weighted by Crippen LogP contribution is -1.99. The topological polar surface area (TPSA) is 142 Å². The number of aliphatic imine (C=N–C) groups is 3. The largest absolute Gasteiger partial charge is 0.508 e. The number of nitrogens with zero attached hydrogens (tertiary/aromatic N) is 3. The van der Waals surface area contributed by atoms with E-state index in [0.717, 1.165) is 95.2 Å². The van der Waals surface area contributed by atoms with Gasteiger partial charge in [0.2, 0.25) is 0 Å². The number of phenolic OH excluding ortho intramolecular Hbond substituents is 4. The highest BCUT2D eigenvalue weighted by atomic mass is 79.9. The van der Waals surface area contributed by atoms with Crippen molar-refractivity contribution in [2.24, 2.45) is 15.0 Å². The molecule has 0 aliphatic carbocycles. The highest BCUT2D eigenvalue weighted by Crippen LogP contribution is 2.30. The van der Waals surface area contributed by atoms with Crippen LogP contribution < -0.4 is 10.6 Å². The normalized spacial score (nSPS) is 10.4. The van der Waals surface area contributed by atoms with E-state index in [1.807, 2.05) is 221 Å². The number of aromatic hydroxyl groups is 4. The molecule has 11 aromatic carbocycles. The van der Waals surface area contributed by atoms with Crippen molar-refractivity contribution in [2.75, 3.05) is 10.6 Å². The van der Waals surface area contributed by atoms with Crippen molar-refractivity contribution in [1.29, 1.82) is 0 Å². The van der Waals surface area contributed by atoms with E-state index in [0.29, 0.717) is 39.6 Å². The molecule has 0 bridgehead atoms. The summed E-state index contributed by atoms with van der Waals surface area (Å²) in [6.45, 7) is 9.17. The number of aryl methyl sites for hydroxylation is 4. The van der Waals surface area contributed by atoms with Crippen molar-refractivity contribution in [1.82, 2.24) is 0 Å². The maximum Gasteiger partial charge on any atom is 0.138 e. The van der Waals surface area contributed by atoms with Crippen molar-refractivity contribution in [3.63, 3.8) is 0 Å². The first kappa shape index (κ1) is 68.2. The number of anilines is 2. The second kappa shape index (κ2) is 35.6. The minimum absolute atomic E-state index is 0.183. The monoisotopic (exact) mass is 1290 g/mol. The highest BCUT2D eigenvalue weighted by Gasteiger charge is 2.07. The zero-order valence-corrected chi connectivity index (χ0v) is 53.8. The van der Waals surface area contributed by atoms with Gasteiger partial charge in [0.1, 0.15) is 23.0 Å². The first-order chi connectivity index (χ1) is 44.5. The molecule has 0 amide bonds. The number of terminal acetylenes is 3. The van der Waals surface area contributed by atoms with Gasteiger partial charge in [-0.15, -0.1) is 19.3 Å². The van der Waals surface area contributed by atoms with Gasteiger partial charge in [0.05, 0.1) is 21.5 Å². The maximum absolute atomic E-state index is 9.93. The molecular weight excluding hydrogens is 1220 g/mol. The molecule has 0 aromatic heterocycles. The molecule has 0 aliphatic rings. The standard InChI is InChI=1S/C20H17NO.C16H12BrNO.C16H13N.C15H13NO.C14H14ClNO/c1-15-10-11-20(22)18(12-15)14-21-19-9-5-8-17(13-19)16-6-3-2-4-7-16;1-3-12-5-4-6-14(9-12)18-10-13-7-11(2)8-15(17)16(13)19;1-3-14-7-5-9-16(11-14)17-12-15-8-4-6-13(2)10-15;1-2-12-6-5-8-14(10-12)16-11-13-7-3-4-9-15(13)17;1-10-5-6-14(17)11(7-10)9-16-13-4-2-3-12(15)8-13/h2-14,22H,1H3;1,4-10,19H,2H3;1,4-12H,2H3;1,3-10,16-17H,11H2;2-8,16-17H,9H2,1H3. The van der Waals surface area contributed by atoms with Crippen LogP contribution in [0.5, 0.6) is 23.0 Å². The van der Waals surface area contributed by atoms with Crippen LogP contribution in [-0.2, 0) is 13.1 Å². The van der Waals surface area contributed by atoms with Crippen LogP contribution in [0.25, 0.3) is 11.1 Å². The van der Waals surface area contributed by atoms with E-state index >= 15 is 0 Å². The second-order valence-electron chi connectivity index (χ2n) is 20.9. The predicted octanol–water partition coefficient (Wildman–Crippen LogP) is 20.0. The molecule has 0 radical (unpaired) electrons. The van der Waals surface area contributed by atoms with Gasteiger partial charge in [0.25, 0.3) is 0 Å². The fraction of sp³-hybridized carbons (Fsp3) is 0.0741. The maximum atomic E-state index is 9.93. The molecule has 0 aliphatic heterocycles. The third kappa shape index (κ3) is 22.7. The molecule has 9 nitrogen and oxygen atoms in total. The fourth-order valence-electron chi connectivity index (χ4n) is 8.80. The van der Waals surface area contributed by atoms with E-state index in [1.165, 1.54) is 5.56 Å². The Morgan fingerprint density at radius 1 is 0.402 bits per heavy atom. The summed E-state index contributed by atoms with van der Waals surface area (Å²) in [5.74, 6) is 8.79. The third-order valence-electron chi connectivity index (χ3n) is 13.6. The molecule has 0 fully saturated rings. The summed E-state index contributed by atoms with van der Waals surface area (Å²) in [6.07, 6.45) is 21.2. The molecule has 0 saturated heterocycles. The summed E-state index contributed by atoms with van der Waals surface area (Å²) in [5.41, 5.74) is 17.9. The van der Waals surface area contributed by atoms with Gasteiger partial charge in [0, 0.05) is 87.1 Å². The average Bonchev–Trinajstić information content (AvgIpc) is 2.19. The SMILES string of the molecule is C#Cc1cccc(N=Cc2cc(C)cc(Br)c2O)c1.C#Cc1cccc(N=Cc2cccc(C)c2)c1.C#Cc1cccc(NCc2ccccc2O)c1.Cc1ccc(O)c(C=Nc2cccc(-c3ccccc3)c2)c1.Cc1ccc(O)c(CNc2cccc(Cl)c2)c1. The van der Waals surface area contributed by atoms with Gasteiger partial charge in [-0.05, 0) is 187 Å². The second-order valence-corrected chi connectivity index (χ2v) is 22.2. The molecule has 0 unspecified atom stereocenters. The minimum atomic E-state index is 0.183. The third-order valence-corrected chi connectivity index (χ3v) is 14.4. The molecule has 6 N–H and O–H groups in total. The van der Waals surface area contributed by atoms with E-state index in [1.54, 1.807) is 36.7 Å². The number of hydrogen-bond donors (Lipinski definition) is 6. The van der Waals surface area contributed by atoms with Gasteiger partial charge in [-0.3, -0.25) is 15.0 Å². The van der Waals surface area contributed by atoms with Gasteiger partial charge in [0.15, 0.2) is 0 Å². The lowest BCUT2D eigenvalue weighted by Gasteiger charge is -2.09. The summed E-state index contributed by atoms with van der Waals surface area (Å²) >= 11 is 9.20. The van der Waals surface area contributed by atoms with Crippen LogP contribution in [0, 0.1) is 64.7 Å². The van der Waals surface area contributed by atoms with Crippen molar-refractivity contribution in [3.05, 3.63) is 325 Å². The number of hydrogen-bond acceptors (Lipinski definition) is 9. The smallest absolute Gasteiger partial charge is 0.138 e. The van der Waals surface area contributed by atoms with Crippen LogP contribution in [0.4, 0.5) is 28.4 Å². The van der Waals surface area contributed by atoms with Crippen molar-refractivity contribution in [3.8, 4) is 71.2 Å². The lowest BCUT2D eigenvalue weighted by molar-refractivity contribution is 0.468. The van der Waals surface area contributed by atoms with Crippen molar-refractivity contribution in [2.45, 2.75) is 40.8 Å². The van der Waals surface area contributed by atoms with Crippen LogP contribution in [0.1, 0.15) is 66.8 Å². The predicted molar refractivity (Wildman–Crippen MR) is 388 cm³/mol. The molecule has 11 aromatic rings. The quantitative estimate of drug-likeness (QED) is 0.0502. The minimum Gasteiger partial charge on any atom is -0.508 e. The van der Waals surface area contributed by atoms with Gasteiger partial charge in [-0.1, -0.05) is 173 Å². The first-order valence-electron chi connectivity index (χ1n) is 29.2. The Balaban J connectivity index is 0.000000164. The summed E-state index contributed by atoms with van der Waals surface area (Å²) < 4.78 is 0.659. The van der Waals surface area contributed by atoms with E-state index in [4.69, 9.17) is 30.9 Å². The average molecular weight is 1290 g/mol. The first-order valence-corrected chi connectivity index (χ1v) is 30.3. The number of phenols is 4. The zero-order chi connectivity index (χ0) is 65.6. The van der Waals surface area contributed by atoms with Crippen LogP contribution in [0.15, 0.2) is 268 Å². The number of halogens is 2. The molecule has 0 saturated carbocycles. The molecule has 0 atom stereocenters. The molecular formula is C81H69BrClN5O4. The fourth-order valence-corrected chi connectivity index (χ4v) is 9.58. The number of para-hydroxylation sites is 1. The lowest BCUT2D eigenvalue weighted by atomic mass is 10.1. The molecule has 0 heterocycles. The molecule has 456 valence electrons. The number of nitrogens with one attached hydrogen (secondary N) is 2. The number of benzene rings is 11. The van der Waals surface area contributed by atoms with Gasteiger partial charge in [-0.2, -0.15) is 0 Å². The van der Waals surface area contributed by atoms with E-state index in [2.05, 4.69) is 96.6 Å². The van der Waals surface area contributed by atoms with Gasteiger partial charge in [-0.25, -0.2) is 0 Å². The Morgan fingerprint density at radius 3 is 1.53 bits per heavy atom. The van der Waals surface area contributed by atoms with Crippen LogP contribution in [0.2, 0.25) is 5.02 Å². The van der Waals surface area contributed by atoms with Crippen LogP contribution in [-0.4, -0.2) is 39.1 Å². The van der Waals surface area contributed by atoms with Crippen LogP contribution in [0.3, 0.4) is 0 Å². The van der Waals surface area contributed by atoms with E-state index < -0.39 is 0 Å². The Labute approximate surface area is 554 Å². The molecule has 11 rings (SSSR count). The van der Waals surface area contributed by atoms with Gasteiger partial charge >= 0.3 is 0 Å². The van der Waals surface area contributed by atoms with Crippen LogP contribution >= 0.6 is 27.5 Å². The Hall–Kier alpha value is -11.3. The van der Waals surface area contributed by atoms with Crippen molar-refractivity contribution < 1.29 is 20.4 Å². The summed E-state index contributed by atoms with van der Waals surface area (Å²) in [6, 6.07) is 78.7. The Kier molecular flexibility index (Phi) is 26.4. The van der Waals surface area contributed by atoms with Gasteiger partial charge < -0.3 is 31.1 Å². The Bertz CT molecular complexity index is 4480. The zero-order valence-electron chi connectivity index (χ0n) is 51.4. The Morgan fingerprint density at radius 2 is 0.891 bits per heavy atom. The summed E-state index contributed by atoms with van der Waals surface area (Å²) in [5, 5.41) is 46.2. The highest BCUT2D eigenvalue weighted by molar-refractivity contribution is 9.10. The molecule has 92 heavy (non-hydrogen) atoms. The van der Waals surface area contributed by atoms with Crippen molar-refractivity contribution >= 4 is 74.6 Å². The summed E-state index contributed by atoms with van der Waals surface area (Å²) in [7, 11) is 0. The van der Waals surface area contributed by atoms with E-state index in [-0.39, 0.29) is 11.5 Å². The van der Waals surface area contributed by atoms with E-state index in [9.17, 15) is 20.4 Å². The molecule has 0 spiro atoms.